The van der Waals surface area contributed by atoms with Gasteiger partial charge in [0.15, 0.2) is 0 Å². The topological polar surface area (TPSA) is 66.8 Å². The van der Waals surface area contributed by atoms with E-state index in [1.165, 1.54) is 0 Å². The molecule has 0 heterocycles. The highest BCUT2D eigenvalue weighted by Gasteiger charge is 2.11. The average Bonchev–Trinajstić information content (AvgIpc) is 2.25. The van der Waals surface area contributed by atoms with Crippen LogP contribution < -0.4 is 4.74 Å². The van der Waals surface area contributed by atoms with Crippen LogP contribution in [-0.2, 0) is 4.79 Å². The Labute approximate surface area is 94.5 Å². The summed E-state index contributed by atoms with van der Waals surface area (Å²) in [6, 6.07) is 5.33. The Balaban J connectivity index is 2.72. The highest BCUT2D eigenvalue weighted by molar-refractivity contribution is 5.66. The molecular weight excluding hydrogens is 208 g/mol. The molecule has 0 saturated carbocycles. The molecule has 2 N–H and O–H groups in total. The van der Waals surface area contributed by atoms with Crippen molar-refractivity contribution in [1.29, 1.82) is 0 Å². The van der Waals surface area contributed by atoms with Gasteiger partial charge in [0.2, 0.25) is 0 Å². The van der Waals surface area contributed by atoms with Crippen molar-refractivity contribution in [2.24, 2.45) is 0 Å². The van der Waals surface area contributed by atoms with Crippen LogP contribution >= 0.6 is 0 Å². The van der Waals surface area contributed by atoms with E-state index < -0.39 is 12.1 Å². The normalized spacial score (nSPS) is 12.2. The van der Waals surface area contributed by atoms with E-state index in [2.05, 4.69) is 0 Å². The lowest BCUT2D eigenvalue weighted by Gasteiger charge is -2.12. The van der Waals surface area contributed by atoms with Gasteiger partial charge in [0.25, 0.3) is 0 Å². The molecule has 0 amide bonds. The van der Waals surface area contributed by atoms with Gasteiger partial charge in [-0.05, 0) is 36.6 Å². The molecule has 0 unspecified atom stereocenters. The van der Waals surface area contributed by atoms with Crippen LogP contribution in [0.5, 0.6) is 5.75 Å². The summed E-state index contributed by atoms with van der Waals surface area (Å²) in [5.41, 5.74) is 1.65. The molecule has 4 nitrogen and oxygen atoms in total. The Morgan fingerprint density at radius 3 is 2.69 bits per heavy atom. The lowest BCUT2D eigenvalue weighted by atomic mass is 10.0. The zero-order chi connectivity index (χ0) is 12.1. The van der Waals surface area contributed by atoms with E-state index in [1.54, 1.807) is 19.2 Å². The van der Waals surface area contributed by atoms with E-state index in [1.807, 2.05) is 13.0 Å². The summed E-state index contributed by atoms with van der Waals surface area (Å²) in [6.45, 7) is 1.88. The van der Waals surface area contributed by atoms with Crippen molar-refractivity contribution >= 4 is 5.97 Å². The molecule has 1 atom stereocenters. The number of benzene rings is 1. The third-order valence-electron chi connectivity index (χ3n) is 2.44. The van der Waals surface area contributed by atoms with Gasteiger partial charge in [-0.2, -0.15) is 0 Å². The predicted octanol–water partition coefficient (Wildman–Crippen LogP) is 1.90. The Morgan fingerprint density at radius 1 is 1.50 bits per heavy atom. The lowest BCUT2D eigenvalue weighted by molar-refractivity contribution is -0.137. The number of aliphatic hydroxyl groups excluding tert-OH is 1. The first-order chi connectivity index (χ1) is 7.54. The maximum atomic E-state index is 10.4. The Kier molecular flexibility index (Phi) is 4.31. The largest absolute Gasteiger partial charge is 0.496 e. The highest BCUT2D eigenvalue weighted by Crippen LogP contribution is 2.24. The van der Waals surface area contributed by atoms with Gasteiger partial charge in [-0.1, -0.05) is 6.07 Å². The van der Waals surface area contributed by atoms with Crippen LogP contribution in [0.15, 0.2) is 18.2 Å². The number of carbonyl (C=O) groups is 1. The molecule has 0 aromatic heterocycles. The lowest BCUT2D eigenvalue weighted by Crippen LogP contribution is -2.03. The molecule has 0 spiro atoms. The van der Waals surface area contributed by atoms with Gasteiger partial charge in [-0.15, -0.1) is 0 Å². The number of aliphatic hydroxyl groups is 1. The van der Waals surface area contributed by atoms with Crippen LogP contribution in [-0.4, -0.2) is 23.3 Å². The molecule has 0 aliphatic heterocycles. The zero-order valence-electron chi connectivity index (χ0n) is 9.43. The summed E-state index contributed by atoms with van der Waals surface area (Å²) >= 11 is 0. The molecule has 1 rings (SSSR count). The fourth-order valence-electron chi connectivity index (χ4n) is 1.54. The van der Waals surface area contributed by atoms with Crippen LogP contribution in [0.2, 0.25) is 0 Å². The molecule has 0 fully saturated rings. The molecule has 16 heavy (non-hydrogen) atoms. The summed E-state index contributed by atoms with van der Waals surface area (Å²) < 4.78 is 5.10. The maximum absolute atomic E-state index is 10.4. The number of aryl methyl sites for hydroxylation is 1. The second-order valence-corrected chi connectivity index (χ2v) is 3.68. The van der Waals surface area contributed by atoms with Crippen molar-refractivity contribution in [3.05, 3.63) is 29.3 Å². The molecule has 0 bridgehead atoms. The van der Waals surface area contributed by atoms with E-state index in [-0.39, 0.29) is 12.8 Å². The standard InChI is InChI=1S/C12H16O4/c1-8-7-9(3-5-11(8)16-2)10(13)4-6-12(14)15/h3,5,7,10,13H,4,6H2,1-2H3,(H,14,15)/t10-/m0/s1. The van der Waals surface area contributed by atoms with Gasteiger partial charge in [-0.3, -0.25) is 4.79 Å². The van der Waals surface area contributed by atoms with E-state index in [9.17, 15) is 9.90 Å². The van der Waals surface area contributed by atoms with Crippen LogP contribution in [0.1, 0.15) is 30.1 Å². The van der Waals surface area contributed by atoms with Crippen LogP contribution in [0.4, 0.5) is 0 Å². The summed E-state index contributed by atoms with van der Waals surface area (Å²) in [4.78, 5) is 10.4. The molecule has 0 radical (unpaired) electrons. The second kappa shape index (κ2) is 5.51. The number of hydrogen-bond donors (Lipinski definition) is 2. The second-order valence-electron chi connectivity index (χ2n) is 3.68. The highest BCUT2D eigenvalue weighted by atomic mass is 16.5. The van der Waals surface area contributed by atoms with Crippen molar-refractivity contribution in [1.82, 2.24) is 0 Å². The number of carboxylic acid groups (broad SMARTS) is 1. The number of methoxy groups -OCH3 is 1. The van der Waals surface area contributed by atoms with E-state index >= 15 is 0 Å². The van der Waals surface area contributed by atoms with Crippen LogP contribution in [0, 0.1) is 6.92 Å². The van der Waals surface area contributed by atoms with Crippen LogP contribution in [0.3, 0.4) is 0 Å². The van der Waals surface area contributed by atoms with E-state index in [4.69, 9.17) is 9.84 Å². The number of ether oxygens (including phenoxy) is 1. The smallest absolute Gasteiger partial charge is 0.303 e. The third kappa shape index (κ3) is 3.24. The molecule has 0 aliphatic rings. The number of carboxylic acids is 1. The monoisotopic (exact) mass is 224 g/mol. The maximum Gasteiger partial charge on any atom is 0.303 e. The van der Waals surface area contributed by atoms with Gasteiger partial charge in [0, 0.05) is 6.42 Å². The fraction of sp³-hybridized carbons (Fsp3) is 0.417. The summed E-state index contributed by atoms with van der Waals surface area (Å²) in [7, 11) is 1.59. The number of aliphatic carboxylic acids is 1. The molecule has 1 aromatic rings. The minimum Gasteiger partial charge on any atom is -0.496 e. The van der Waals surface area contributed by atoms with E-state index in [0.29, 0.717) is 0 Å². The van der Waals surface area contributed by atoms with Gasteiger partial charge < -0.3 is 14.9 Å². The SMILES string of the molecule is COc1ccc([C@@H](O)CCC(=O)O)cc1C. The molecule has 4 heteroatoms. The molecule has 1 aromatic carbocycles. The van der Waals surface area contributed by atoms with Crippen LogP contribution in [0.25, 0.3) is 0 Å². The average molecular weight is 224 g/mol. The Morgan fingerprint density at radius 2 is 2.19 bits per heavy atom. The Bertz CT molecular complexity index is 373. The van der Waals surface area contributed by atoms with Crippen molar-refractivity contribution < 1.29 is 19.7 Å². The minimum atomic E-state index is -0.899. The van der Waals surface area contributed by atoms with Gasteiger partial charge >= 0.3 is 5.97 Å². The summed E-state index contributed by atoms with van der Waals surface area (Å²) in [5.74, 6) is -0.140. The molecule has 88 valence electrons. The quantitative estimate of drug-likeness (QED) is 0.801. The Hall–Kier alpha value is -1.55. The zero-order valence-corrected chi connectivity index (χ0v) is 9.43. The first-order valence-corrected chi connectivity index (χ1v) is 5.09. The van der Waals surface area contributed by atoms with E-state index in [0.717, 1.165) is 16.9 Å². The van der Waals surface area contributed by atoms with Crippen molar-refractivity contribution in [3.8, 4) is 5.75 Å². The minimum absolute atomic E-state index is 0.0355. The predicted molar refractivity (Wildman–Crippen MR) is 59.6 cm³/mol. The number of rotatable bonds is 5. The fourth-order valence-corrected chi connectivity index (χ4v) is 1.54. The molecule has 0 saturated heterocycles. The summed E-state index contributed by atoms with van der Waals surface area (Å²) in [5, 5.41) is 18.3. The van der Waals surface area contributed by atoms with Gasteiger partial charge in [-0.25, -0.2) is 0 Å². The molecule has 0 aliphatic carbocycles. The first kappa shape index (κ1) is 12.5. The van der Waals surface area contributed by atoms with Gasteiger partial charge in [0.1, 0.15) is 5.75 Å². The molecular formula is C12H16O4. The summed E-state index contributed by atoms with van der Waals surface area (Å²) in [6.07, 6.45) is -0.548. The number of hydrogen-bond acceptors (Lipinski definition) is 3. The van der Waals surface area contributed by atoms with Crippen molar-refractivity contribution in [2.45, 2.75) is 25.9 Å². The first-order valence-electron chi connectivity index (χ1n) is 5.09. The third-order valence-corrected chi connectivity index (χ3v) is 2.44. The van der Waals surface area contributed by atoms with Gasteiger partial charge in [0.05, 0.1) is 13.2 Å². The van der Waals surface area contributed by atoms with Crippen molar-refractivity contribution in [2.75, 3.05) is 7.11 Å². The van der Waals surface area contributed by atoms with Crippen molar-refractivity contribution in [3.63, 3.8) is 0 Å².